The Hall–Kier alpha value is -3.19. The van der Waals surface area contributed by atoms with E-state index in [9.17, 15) is 18.4 Å². The summed E-state index contributed by atoms with van der Waals surface area (Å²) < 4.78 is 31.6. The molecule has 2 amide bonds. The number of hydrogen-bond acceptors (Lipinski definition) is 6. The molecule has 4 aromatic heterocycles. The lowest BCUT2D eigenvalue weighted by Crippen LogP contribution is -2.18. The summed E-state index contributed by atoms with van der Waals surface area (Å²) in [6, 6.07) is 1.27. The molecule has 0 aliphatic heterocycles. The quantitative estimate of drug-likeness (QED) is 0.317. The topological polar surface area (TPSA) is 121 Å². The van der Waals surface area contributed by atoms with Crippen molar-refractivity contribution in [1.29, 1.82) is 0 Å². The number of amides is 2. The van der Waals surface area contributed by atoms with Gasteiger partial charge in [-0.25, -0.2) is 13.8 Å². The summed E-state index contributed by atoms with van der Waals surface area (Å²) in [7, 11) is 0. The molecule has 0 unspecified atom stereocenters. The summed E-state index contributed by atoms with van der Waals surface area (Å²) in [4.78, 5) is 29.4. The average molecular weight is 566 g/mol. The molecular formula is C22H22BrF2N7O2S. The van der Waals surface area contributed by atoms with Crippen molar-refractivity contribution in [1.82, 2.24) is 24.5 Å². The van der Waals surface area contributed by atoms with E-state index in [2.05, 4.69) is 36.4 Å². The van der Waals surface area contributed by atoms with Crippen LogP contribution < -0.4 is 11.1 Å². The van der Waals surface area contributed by atoms with Crippen LogP contribution in [-0.4, -0.2) is 36.4 Å². The van der Waals surface area contributed by atoms with E-state index in [1.54, 1.807) is 28.7 Å². The van der Waals surface area contributed by atoms with Gasteiger partial charge in [0.2, 0.25) is 5.91 Å². The van der Waals surface area contributed by atoms with Gasteiger partial charge in [-0.15, -0.1) is 11.3 Å². The third-order valence-corrected chi connectivity index (χ3v) is 7.42. The zero-order valence-corrected chi connectivity index (χ0v) is 21.5. The van der Waals surface area contributed by atoms with Crippen LogP contribution >= 0.6 is 27.3 Å². The van der Waals surface area contributed by atoms with Gasteiger partial charge in [-0.2, -0.15) is 10.2 Å². The maximum atomic E-state index is 13.7. The van der Waals surface area contributed by atoms with E-state index in [0.29, 0.717) is 35.3 Å². The summed E-state index contributed by atoms with van der Waals surface area (Å²) in [5.74, 6) is -1.18. The number of carbonyl (C=O) groups is 2. The average Bonchev–Trinajstić information content (AvgIpc) is 3.47. The molecule has 0 fully saturated rings. The number of anilines is 1. The maximum Gasteiger partial charge on any atom is 0.280 e. The molecule has 35 heavy (non-hydrogen) atoms. The van der Waals surface area contributed by atoms with E-state index in [4.69, 9.17) is 5.73 Å². The molecule has 3 N–H and O–H groups in total. The highest BCUT2D eigenvalue weighted by molar-refractivity contribution is 9.10. The first-order valence-corrected chi connectivity index (χ1v) is 12.3. The maximum absolute atomic E-state index is 13.7. The standard InChI is InChI=1S/C22H22BrF2N7O2S/c1-4-31-9-13(10(2)30-31)12-7-15(20(24)25)28-22-17(12)18(19(35-22)21(26)34)29-16(33)5-6-32-11(3)14(23)8-27-32/h7-9,20H,4-6H2,1-3H3,(H2,26,34)(H,29,33). The first-order valence-electron chi connectivity index (χ1n) is 10.7. The van der Waals surface area contributed by atoms with Crippen LogP contribution in [0, 0.1) is 13.8 Å². The molecule has 0 saturated carbocycles. The van der Waals surface area contributed by atoms with Gasteiger partial charge in [-0.05, 0) is 48.3 Å². The van der Waals surface area contributed by atoms with Crippen LogP contribution in [0.1, 0.15) is 46.5 Å². The Bertz CT molecular complexity index is 1440. The number of primary amides is 1. The van der Waals surface area contributed by atoms with E-state index in [-0.39, 0.29) is 27.7 Å². The molecule has 0 spiro atoms. The van der Waals surface area contributed by atoms with Crippen molar-refractivity contribution >= 4 is 55.0 Å². The lowest BCUT2D eigenvalue weighted by molar-refractivity contribution is -0.116. The van der Waals surface area contributed by atoms with Gasteiger partial charge in [-0.3, -0.25) is 19.0 Å². The Morgan fingerprint density at radius 1 is 1.29 bits per heavy atom. The van der Waals surface area contributed by atoms with Crippen molar-refractivity contribution < 1.29 is 18.4 Å². The number of aromatic nitrogens is 5. The zero-order chi connectivity index (χ0) is 25.4. The highest BCUT2D eigenvalue weighted by atomic mass is 79.9. The first kappa shape index (κ1) is 24.9. The largest absolute Gasteiger partial charge is 0.365 e. The molecule has 0 aliphatic rings. The minimum absolute atomic E-state index is 0.0343. The fraction of sp³-hybridized carbons (Fsp3) is 0.318. The predicted molar refractivity (Wildman–Crippen MR) is 133 cm³/mol. The number of carbonyl (C=O) groups excluding carboxylic acids is 2. The normalized spacial score (nSPS) is 11.5. The Labute approximate surface area is 211 Å². The Morgan fingerprint density at radius 2 is 2.03 bits per heavy atom. The van der Waals surface area contributed by atoms with Crippen LogP contribution in [0.2, 0.25) is 0 Å². The van der Waals surface area contributed by atoms with Gasteiger partial charge in [0.1, 0.15) is 15.4 Å². The Kier molecular flexibility index (Phi) is 6.99. The van der Waals surface area contributed by atoms with Crippen molar-refractivity contribution in [2.24, 2.45) is 5.73 Å². The van der Waals surface area contributed by atoms with E-state index < -0.39 is 18.0 Å². The molecule has 0 atom stereocenters. The molecule has 0 aromatic carbocycles. The van der Waals surface area contributed by atoms with Crippen LogP contribution in [0.5, 0.6) is 0 Å². The minimum atomic E-state index is -2.83. The van der Waals surface area contributed by atoms with Crippen LogP contribution in [0.25, 0.3) is 21.3 Å². The lowest BCUT2D eigenvalue weighted by atomic mass is 10.0. The summed E-state index contributed by atoms with van der Waals surface area (Å²) in [6.45, 7) is 6.42. The van der Waals surface area contributed by atoms with E-state index in [1.165, 1.54) is 6.07 Å². The Balaban J connectivity index is 1.81. The number of alkyl halides is 2. The summed E-state index contributed by atoms with van der Waals surface area (Å²) in [6.07, 6.45) is 0.621. The van der Waals surface area contributed by atoms with E-state index in [1.807, 2.05) is 13.8 Å². The Morgan fingerprint density at radius 3 is 2.60 bits per heavy atom. The van der Waals surface area contributed by atoms with Gasteiger partial charge >= 0.3 is 0 Å². The number of halogens is 3. The van der Waals surface area contributed by atoms with Crippen molar-refractivity contribution in [3.05, 3.63) is 44.9 Å². The van der Waals surface area contributed by atoms with Gasteiger partial charge in [0.15, 0.2) is 0 Å². The number of nitrogens with two attached hydrogens (primary N) is 1. The second kappa shape index (κ2) is 9.82. The molecule has 0 bridgehead atoms. The molecule has 4 aromatic rings. The SMILES string of the molecule is CCn1cc(-c2cc(C(F)F)nc3sc(C(N)=O)c(NC(=O)CCn4ncc(Br)c4C)c23)c(C)n1. The third-order valence-electron chi connectivity index (χ3n) is 5.55. The highest BCUT2D eigenvalue weighted by Crippen LogP contribution is 2.43. The number of fused-ring (bicyclic) bond motifs is 1. The van der Waals surface area contributed by atoms with Gasteiger partial charge < -0.3 is 11.1 Å². The molecule has 9 nitrogen and oxygen atoms in total. The third kappa shape index (κ3) is 4.82. The molecule has 0 saturated heterocycles. The number of hydrogen-bond donors (Lipinski definition) is 2. The van der Waals surface area contributed by atoms with Gasteiger partial charge in [0, 0.05) is 35.8 Å². The number of pyridine rings is 1. The zero-order valence-electron chi connectivity index (χ0n) is 19.1. The van der Waals surface area contributed by atoms with E-state index >= 15 is 0 Å². The number of nitrogens with one attached hydrogen (secondary N) is 1. The second-order valence-electron chi connectivity index (χ2n) is 7.83. The van der Waals surface area contributed by atoms with Crippen molar-refractivity contribution in [3.8, 4) is 11.1 Å². The summed E-state index contributed by atoms with van der Waals surface area (Å²) >= 11 is 4.25. The predicted octanol–water partition coefficient (Wildman–Crippen LogP) is 4.82. The van der Waals surface area contributed by atoms with Gasteiger partial charge in [0.25, 0.3) is 12.3 Å². The monoisotopic (exact) mass is 565 g/mol. The molecule has 4 rings (SSSR count). The fourth-order valence-corrected chi connectivity index (χ4v) is 5.05. The van der Waals surface area contributed by atoms with Crippen molar-refractivity contribution in [2.45, 2.75) is 46.7 Å². The van der Waals surface area contributed by atoms with Gasteiger partial charge in [-0.1, -0.05) is 0 Å². The second-order valence-corrected chi connectivity index (χ2v) is 9.68. The number of aryl methyl sites for hydroxylation is 3. The van der Waals surface area contributed by atoms with Crippen LogP contribution in [0.15, 0.2) is 22.9 Å². The molecule has 0 radical (unpaired) electrons. The highest BCUT2D eigenvalue weighted by Gasteiger charge is 2.26. The molecular weight excluding hydrogens is 544 g/mol. The van der Waals surface area contributed by atoms with Crippen molar-refractivity contribution in [3.63, 3.8) is 0 Å². The summed E-state index contributed by atoms with van der Waals surface area (Å²) in [5, 5.41) is 11.8. The molecule has 184 valence electrons. The van der Waals surface area contributed by atoms with Crippen LogP contribution in [0.3, 0.4) is 0 Å². The van der Waals surface area contributed by atoms with E-state index in [0.717, 1.165) is 21.5 Å². The number of nitrogens with zero attached hydrogens (tertiary/aromatic N) is 5. The minimum Gasteiger partial charge on any atom is -0.365 e. The fourth-order valence-electron chi connectivity index (χ4n) is 3.74. The van der Waals surface area contributed by atoms with Crippen LogP contribution in [0.4, 0.5) is 14.5 Å². The molecule has 4 heterocycles. The molecule has 13 heteroatoms. The first-order chi connectivity index (χ1) is 16.6. The van der Waals surface area contributed by atoms with Crippen molar-refractivity contribution in [2.75, 3.05) is 5.32 Å². The number of thiophene rings is 1. The smallest absolute Gasteiger partial charge is 0.280 e. The van der Waals surface area contributed by atoms with Gasteiger partial charge in [0.05, 0.1) is 28.6 Å². The summed E-state index contributed by atoms with van der Waals surface area (Å²) in [5.41, 5.74) is 7.79. The number of rotatable bonds is 8. The lowest BCUT2D eigenvalue weighted by Gasteiger charge is -2.11. The molecule has 0 aliphatic carbocycles. The van der Waals surface area contributed by atoms with Crippen LogP contribution in [-0.2, 0) is 17.9 Å².